The Balaban J connectivity index is 1.55. The van der Waals surface area contributed by atoms with Crippen LogP contribution in [0.1, 0.15) is 17.5 Å². The zero-order valence-electron chi connectivity index (χ0n) is 12.0. The van der Waals surface area contributed by atoms with Gasteiger partial charge in [-0.15, -0.1) is 0 Å². The van der Waals surface area contributed by atoms with Crippen LogP contribution in [0.2, 0.25) is 0 Å². The monoisotopic (exact) mass is 297 g/mol. The van der Waals surface area contributed by atoms with E-state index in [1.165, 1.54) is 6.07 Å². The summed E-state index contributed by atoms with van der Waals surface area (Å²) >= 11 is 0. The first-order valence-electron chi connectivity index (χ1n) is 7.18. The molecule has 4 heteroatoms. The third kappa shape index (κ3) is 3.17. The van der Waals surface area contributed by atoms with Crippen LogP contribution in [-0.4, -0.2) is 11.0 Å². The van der Waals surface area contributed by atoms with E-state index in [0.29, 0.717) is 12.0 Å². The molecule has 3 nitrogen and oxygen atoms in total. The molecule has 0 bridgehead atoms. The van der Waals surface area contributed by atoms with Gasteiger partial charge in [0, 0.05) is 29.1 Å². The Kier molecular flexibility index (Phi) is 4.19. The van der Waals surface area contributed by atoms with Crippen LogP contribution < -0.4 is 0 Å². The van der Waals surface area contributed by atoms with Crippen LogP contribution in [0.4, 0.5) is 4.39 Å². The minimum atomic E-state index is -0.355. The number of aromatic amines is 1. The molecule has 0 aliphatic heterocycles. The highest BCUT2D eigenvalue weighted by Gasteiger charge is 2.09. The maximum atomic E-state index is 13.4. The van der Waals surface area contributed by atoms with Gasteiger partial charge in [0.05, 0.1) is 0 Å². The molecule has 0 saturated heterocycles. The van der Waals surface area contributed by atoms with Crippen LogP contribution in [0.3, 0.4) is 0 Å². The van der Waals surface area contributed by atoms with Crippen molar-refractivity contribution in [2.24, 2.45) is 0 Å². The number of fused-ring (bicyclic) bond motifs is 1. The van der Waals surface area contributed by atoms with Crippen molar-refractivity contribution in [1.29, 1.82) is 0 Å². The van der Waals surface area contributed by atoms with Crippen LogP contribution in [0, 0.1) is 5.82 Å². The van der Waals surface area contributed by atoms with E-state index in [9.17, 15) is 9.18 Å². The summed E-state index contributed by atoms with van der Waals surface area (Å²) in [6.07, 6.45) is 2.78. The number of hydrogen-bond acceptors (Lipinski definition) is 2. The smallest absolute Gasteiger partial charge is 0.306 e. The number of aryl methyl sites for hydroxylation is 1. The highest BCUT2D eigenvalue weighted by atomic mass is 19.1. The second-order valence-corrected chi connectivity index (χ2v) is 5.11. The third-order valence-electron chi connectivity index (χ3n) is 3.62. The van der Waals surface area contributed by atoms with Crippen molar-refractivity contribution < 1.29 is 13.9 Å². The van der Waals surface area contributed by atoms with E-state index in [4.69, 9.17) is 4.74 Å². The summed E-state index contributed by atoms with van der Waals surface area (Å²) in [5.41, 5.74) is 2.53. The zero-order valence-corrected chi connectivity index (χ0v) is 12.0. The van der Waals surface area contributed by atoms with Crippen molar-refractivity contribution in [1.82, 2.24) is 4.98 Å². The van der Waals surface area contributed by atoms with Crippen molar-refractivity contribution in [2.75, 3.05) is 0 Å². The lowest BCUT2D eigenvalue weighted by molar-refractivity contribution is -0.144. The van der Waals surface area contributed by atoms with Gasteiger partial charge in [-0.1, -0.05) is 36.4 Å². The first-order chi connectivity index (χ1) is 10.7. The average Bonchev–Trinajstić information content (AvgIpc) is 2.95. The standard InChI is InChI=1S/C18H16FNO2/c19-16-7-3-1-5-14(16)12-22-18(21)10-9-13-11-20-17-8-4-2-6-15(13)17/h1-8,11,20H,9-10,12H2. The summed E-state index contributed by atoms with van der Waals surface area (Å²) in [5.74, 6) is -0.680. The van der Waals surface area contributed by atoms with Gasteiger partial charge in [-0.3, -0.25) is 4.79 Å². The lowest BCUT2D eigenvalue weighted by Crippen LogP contribution is -2.06. The van der Waals surface area contributed by atoms with Gasteiger partial charge in [0.2, 0.25) is 0 Å². The van der Waals surface area contributed by atoms with Gasteiger partial charge in [-0.25, -0.2) is 4.39 Å². The second kappa shape index (κ2) is 6.43. The Morgan fingerprint density at radius 3 is 2.68 bits per heavy atom. The van der Waals surface area contributed by atoms with Crippen LogP contribution >= 0.6 is 0 Å². The van der Waals surface area contributed by atoms with E-state index in [2.05, 4.69) is 4.98 Å². The molecular weight excluding hydrogens is 281 g/mol. The minimum absolute atomic E-state index is 0.0284. The molecule has 0 aliphatic carbocycles. The molecule has 1 heterocycles. The summed E-state index contributed by atoms with van der Waals surface area (Å²) in [6, 6.07) is 14.2. The van der Waals surface area contributed by atoms with Gasteiger partial charge in [0.25, 0.3) is 0 Å². The summed E-state index contributed by atoms with van der Waals surface area (Å²) < 4.78 is 18.6. The van der Waals surface area contributed by atoms with Crippen molar-refractivity contribution in [3.05, 3.63) is 71.7 Å². The fourth-order valence-corrected chi connectivity index (χ4v) is 2.42. The molecule has 0 unspecified atom stereocenters. The summed E-state index contributed by atoms with van der Waals surface area (Å²) in [4.78, 5) is 15.0. The predicted octanol–water partition coefficient (Wildman–Crippen LogP) is 3.98. The summed E-state index contributed by atoms with van der Waals surface area (Å²) in [7, 11) is 0. The number of benzene rings is 2. The molecule has 0 saturated carbocycles. The molecule has 0 amide bonds. The molecule has 0 radical (unpaired) electrons. The maximum Gasteiger partial charge on any atom is 0.306 e. The fraction of sp³-hybridized carbons (Fsp3) is 0.167. The topological polar surface area (TPSA) is 42.1 Å². The number of rotatable bonds is 5. The minimum Gasteiger partial charge on any atom is -0.461 e. The van der Waals surface area contributed by atoms with E-state index in [1.54, 1.807) is 18.2 Å². The predicted molar refractivity (Wildman–Crippen MR) is 82.8 cm³/mol. The van der Waals surface area contributed by atoms with Crippen molar-refractivity contribution in [3.63, 3.8) is 0 Å². The Morgan fingerprint density at radius 1 is 1.05 bits per heavy atom. The Morgan fingerprint density at radius 2 is 1.82 bits per heavy atom. The van der Waals surface area contributed by atoms with Gasteiger partial charge in [0.15, 0.2) is 0 Å². The highest BCUT2D eigenvalue weighted by molar-refractivity contribution is 5.83. The van der Waals surface area contributed by atoms with E-state index >= 15 is 0 Å². The molecule has 0 atom stereocenters. The molecule has 22 heavy (non-hydrogen) atoms. The molecular formula is C18H16FNO2. The molecule has 1 N–H and O–H groups in total. The normalized spacial score (nSPS) is 10.8. The summed E-state index contributed by atoms with van der Waals surface area (Å²) in [6.45, 7) is -0.0284. The quantitative estimate of drug-likeness (QED) is 0.724. The number of para-hydroxylation sites is 1. The lowest BCUT2D eigenvalue weighted by Gasteiger charge is -2.05. The van der Waals surface area contributed by atoms with Crippen LogP contribution in [0.25, 0.3) is 10.9 Å². The number of ether oxygens (including phenoxy) is 1. The van der Waals surface area contributed by atoms with Gasteiger partial charge in [-0.05, 0) is 24.1 Å². The zero-order chi connectivity index (χ0) is 15.4. The first-order valence-corrected chi connectivity index (χ1v) is 7.18. The average molecular weight is 297 g/mol. The Labute approximate surface area is 127 Å². The van der Waals surface area contributed by atoms with E-state index in [1.807, 2.05) is 30.5 Å². The molecule has 3 aromatic rings. The number of nitrogens with one attached hydrogen (secondary N) is 1. The number of H-pyrrole nitrogens is 1. The van der Waals surface area contributed by atoms with Crippen LogP contribution in [0.5, 0.6) is 0 Å². The number of esters is 1. The molecule has 0 fully saturated rings. The largest absolute Gasteiger partial charge is 0.461 e. The van der Waals surface area contributed by atoms with Crippen LogP contribution in [0.15, 0.2) is 54.7 Å². The molecule has 0 aliphatic rings. The van der Waals surface area contributed by atoms with E-state index < -0.39 is 0 Å². The number of aromatic nitrogens is 1. The maximum absolute atomic E-state index is 13.4. The first kappa shape index (κ1) is 14.3. The van der Waals surface area contributed by atoms with Crippen molar-refractivity contribution in [3.8, 4) is 0 Å². The molecule has 3 rings (SSSR count). The molecule has 0 spiro atoms. The number of hydrogen-bond donors (Lipinski definition) is 1. The van der Waals surface area contributed by atoms with E-state index in [0.717, 1.165) is 16.5 Å². The summed E-state index contributed by atoms with van der Waals surface area (Å²) in [5, 5.41) is 1.12. The van der Waals surface area contributed by atoms with Crippen molar-refractivity contribution >= 4 is 16.9 Å². The third-order valence-corrected chi connectivity index (χ3v) is 3.62. The number of halogens is 1. The van der Waals surface area contributed by atoms with Crippen LogP contribution in [-0.2, 0) is 22.6 Å². The van der Waals surface area contributed by atoms with Gasteiger partial charge in [0.1, 0.15) is 12.4 Å². The SMILES string of the molecule is O=C(CCc1c[nH]c2ccccc12)OCc1ccccc1F. The molecule has 2 aromatic carbocycles. The number of carbonyl (C=O) groups is 1. The van der Waals surface area contributed by atoms with Gasteiger partial charge in [-0.2, -0.15) is 0 Å². The second-order valence-electron chi connectivity index (χ2n) is 5.11. The number of carbonyl (C=O) groups excluding carboxylic acids is 1. The molecule has 1 aromatic heterocycles. The highest BCUT2D eigenvalue weighted by Crippen LogP contribution is 2.19. The lowest BCUT2D eigenvalue weighted by atomic mass is 10.1. The fourth-order valence-electron chi connectivity index (χ4n) is 2.42. The van der Waals surface area contributed by atoms with Gasteiger partial charge >= 0.3 is 5.97 Å². The Hall–Kier alpha value is -2.62. The van der Waals surface area contributed by atoms with Gasteiger partial charge < -0.3 is 9.72 Å². The Bertz CT molecular complexity index is 794. The van der Waals surface area contributed by atoms with E-state index in [-0.39, 0.29) is 24.8 Å². The molecule has 112 valence electrons. The van der Waals surface area contributed by atoms with Crippen molar-refractivity contribution in [2.45, 2.75) is 19.4 Å².